The quantitative estimate of drug-likeness (QED) is 0.763. The molecular weight excluding hydrogens is 331 g/mol. The summed E-state index contributed by atoms with van der Waals surface area (Å²) in [7, 11) is 1.56. The summed E-state index contributed by atoms with van der Waals surface area (Å²) in [5.41, 5.74) is 3.36. The van der Waals surface area contributed by atoms with E-state index in [9.17, 15) is 4.39 Å². The number of nitrogens with one attached hydrogen (secondary N) is 1. The Labute approximate surface area is 151 Å². The smallest absolute Gasteiger partial charge is 0.153 e. The Morgan fingerprint density at radius 3 is 3.04 bits per heavy atom. The first kappa shape index (κ1) is 16.7. The summed E-state index contributed by atoms with van der Waals surface area (Å²) < 4.78 is 20.6. The minimum atomic E-state index is -0.290. The molecule has 6 heteroatoms. The summed E-state index contributed by atoms with van der Waals surface area (Å²) >= 11 is 0. The highest BCUT2D eigenvalue weighted by molar-refractivity contribution is 5.35. The fourth-order valence-corrected chi connectivity index (χ4v) is 3.54. The highest BCUT2D eigenvalue weighted by atomic mass is 19.1. The van der Waals surface area contributed by atoms with E-state index in [-0.39, 0.29) is 11.9 Å². The van der Waals surface area contributed by atoms with E-state index in [4.69, 9.17) is 4.74 Å². The van der Waals surface area contributed by atoms with Crippen molar-refractivity contribution in [3.63, 3.8) is 0 Å². The van der Waals surface area contributed by atoms with Gasteiger partial charge < -0.3 is 10.1 Å². The number of pyridine rings is 1. The second kappa shape index (κ2) is 7.25. The Kier molecular flexibility index (Phi) is 4.67. The molecule has 0 radical (unpaired) electrons. The van der Waals surface area contributed by atoms with Crippen LogP contribution in [-0.4, -0.2) is 21.9 Å². The molecule has 2 aromatic heterocycles. The number of ether oxygens (including phenoxy) is 1. The van der Waals surface area contributed by atoms with Crippen LogP contribution >= 0.6 is 0 Å². The molecule has 134 valence electrons. The second-order valence-electron chi connectivity index (χ2n) is 6.43. The number of benzene rings is 1. The van der Waals surface area contributed by atoms with Crippen LogP contribution in [0.25, 0.3) is 5.82 Å². The van der Waals surface area contributed by atoms with Gasteiger partial charge in [0.05, 0.1) is 19.0 Å². The molecular formula is C20H21FN4O. The third-order valence-electron chi connectivity index (χ3n) is 4.84. The summed E-state index contributed by atoms with van der Waals surface area (Å²) in [4.78, 5) is 4.41. The predicted octanol–water partition coefficient (Wildman–Crippen LogP) is 3.58. The third kappa shape index (κ3) is 3.20. The van der Waals surface area contributed by atoms with Gasteiger partial charge in [-0.15, -0.1) is 0 Å². The number of methoxy groups -OCH3 is 1. The van der Waals surface area contributed by atoms with Crippen molar-refractivity contribution in [2.75, 3.05) is 7.11 Å². The van der Waals surface area contributed by atoms with Gasteiger partial charge in [-0.2, -0.15) is 5.10 Å². The van der Waals surface area contributed by atoms with Crippen LogP contribution in [0.2, 0.25) is 0 Å². The summed E-state index contributed by atoms with van der Waals surface area (Å²) in [6.07, 6.45) is 6.84. The van der Waals surface area contributed by atoms with Crippen molar-refractivity contribution < 1.29 is 9.13 Å². The Hall–Kier alpha value is -2.73. The van der Waals surface area contributed by atoms with Gasteiger partial charge in [-0.25, -0.2) is 14.1 Å². The molecule has 0 amide bonds. The van der Waals surface area contributed by atoms with Crippen molar-refractivity contribution in [2.45, 2.75) is 31.8 Å². The van der Waals surface area contributed by atoms with Gasteiger partial charge in [0, 0.05) is 36.0 Å². The molecule has 1 atom stereocenters. The fraction of sp³-hybridized carbons (Fsp3) is 0.300. The zero-order chi connectivity index (χ0) is 17.9. The van der Waals surface area contributed by atoms with Gasteiger partial charge in [0.2, 0.25) is 0 Å². The first-order valence-electron chi connectivity index (χ1n) is 8.80. The van der Waals surface area contributed by atoms with Crippen molar-refractivity contribution >= 4 is 0 Å². The summed E-state index contributed by atoms with van der Waals surface area (Å²) in [6, 6.07) is 10.7. The lowest BCUT2D eigenvalue weighted by Crippen LogP contribution is -2.25. The number of rotatable bonds is 5. The molecule has 1 aliphatic rings. The number of hydrogen-bond donors (Lipinski definition) is 1. The van der Waals surface area contributed by atoms with Crippen LogP contribution in [-0.2, 0) is 13.0 Å². The SMILES string of the molecule is COc1cc(F)ccc1CN[C@H]1CCCc2c1cnn2-c1ccccn1. The molecule has 0 saturated carbocycles. The highest BCUT2D eigenvalue weighted by Crippen LogP contribution is 2.31. The molecule has 0 unspecified atom stereocenters. The van der Waals surface area contributed by atoms with Crippen molar-refractivity contribution in [1.29, 1.82) is 0 Å². The largest absolute Gasteiger partial charge is 0.496 e. The maximum absolute atomic E-state index is 13.4. The third-order valence-corrected chi connectivity index (χ3v) is 4.84. The van der Waals surface area contributed by atoms with Gasteiger partial charge in [-0.3, -0.25) is 0 Å². The fourth-order valence-electron chi connectivity index (χ4n) is 3.54. The standard InChI is InChI=1S/C20H21FN4O/c1-26-19-11-15(21)9-8-14(19)12-23-17-5-4-6-18-16(17)13-24-25(18)20-7-2-3-10-22-20/h2-3,7-11,13,17,23H,4-6,12H2,1H3/t17-/m0/s1. The summed E-state index contributed by atoms with van der Waals surface area (Å²) in [6.45, 7) is 0.613. The number of halogens is 1. The van der Waals surface area contributed by atoms with E-state index < -0.39 is 0 Å². The lowest BCUT2D eigenvalue weighted by Gasteiger charge is -2.24. The van der Waals surface area contributed by atoms with Crippen LogP contribution in [0.15, 0.2) is 48.8 Å². The van der Waals surface area contributed by atoms with Gasteiger partial charge in [0.25, 0.3) is 0 Å². The zero-order valence-corrected chi connectivity index (χ0v) is 14.7. The normalized spacial score (nSPS) is 16.3. The minimum Gasteiger partial charge on any atom is -0.496 e. The van der Waals surface area contributed by atoms with Crippen LogP contribution in [0, 0.1) is 5.82 Å². The van der Waals surface area contributed by atoms with E-state index in [1.807, 2.05) is 29.1 Å². The summed E-state index contributed by atoms with van der Waals surface area (Å²) in [5, 5.41) is 8.14. The van der Waals surface area contributed by atoms with Crippen LogP contribution < -0.4 is 10.1 Å². The lowest BCUT2D eigenvalue weighted by molar-refractivity contribution is 0.397. The molecule has 0 fully saturated rings. The highest BCUT2D eigenvalue weighted by Gasteiger charge is 2.25. The molecule has 26 heavy (non-hydrogen) atoms. The first-order valence-corrected chi connectivity index (χ1v) is 8.80. The van der Waals surface area contributed by atoms with Crippen LogP contribution in [0.4, 0.5) is 4.39 Å². The Morgan fingerprint density at radius 2 is 2.23 bits per heavy atom. The molecule has 3 aromatic rings. The van der Waals surface area contributed by atoms with Gasteiger partial charge >= 0.3 is 0 Å². The van der Waals surface area contributed by atoms with E-state index in [0.717, 1.165) is 30.6 Å². The maximum Gasteiger partial charge on any atom is 0.153 e. The number of nitrogens with zero attached hydrogens (tertiary/aromatic N) is 3. The van der Waals surface area contributed by atoms with Gasteiger partial charge in [0.15, 0.2) is 5.82 Å². The number of hydrogen-bond acceptors (Lipinski definition) is 4. The Balaban J connectivity index is 1.55. The molecule has 1 aromatic carbocycles. The molecule has 2 heterocycles. The average Bonchev–Trinajstić information content (AvgIpc) is 3.12. The van der Waals surface area contributed by atoms with E-state index >= 15 is 0 Å². The zero-order valence-electron chi connectivity index (χ0n) is 14.7. The topological polar surface area (TPSA) is 52.0 Å². The van der Waals surface area contributed by atoms with Crippen molar-refractivity contribution in [3.05, 3.63) is 71.4 Å². The van der Waals surface area contributed by atoms with Crippen molar-refractivity contribution in [1.82, 2.24) is 20.1 Å². The summed E-state index contributed by atoms with van der Waals surface area (Å²) in [5.74, 6) is 1.12. The molecule has 0 bridgehead atoms. The Morgan fingerprint density at radius 1 is 1.31 bits per heavy atom. The van der Waals surface area contributed by atoms with Crippen molar-refractivity contribution in [2.24, 2.45) is 0 Å². The average molecular weight is 352 g/mol. The number of aromatic nitrogens is 3. The van der Waals surface area contributed by atoms with Gasteiger partial charge in [-0.05, 0) is 37.5 Å². The minimum absolute atomic E-state index is 0.214. The Bertz CT molecular complexity index is 894. The van der Waals surface area contributed by atoms with E-state index in [1.54, 1.807) is 19.4 Å². The monoisotopic (exact) mass is 352 g/mol. The van der Waals surface area contributed by atoms with Crippen molar-refractivity contribution in [3.8, 4) is 11.6 Å². The van der Waals surface area contributed by atoms with Crippen LogP contribution in [0.1, 0.15) is 35.7 Å². The molecule has 5 nitrogen and oxygen atoms in total. The number of fused-ring (bicyclic) bond motifs is 1. The van der Waals surface area contributed by atoms with Gasteiger partial charge in [0.1, 0.15) is 11.6 Å². The van der Waals surface area contributed by atoms with Crippen LogP contribution in [0.5, 0.6) is 5.75 Å². The predicted molar refractivity (Wildman–Crippen MR) is 96.8 cm³/mol. The van der Waals surface area contributed by atoms with Crippen LogP contribution in [0.3, 0.4) is 0 Å². The molecule has 0 spiro atoms. The van der Waals surface area contributed by atoms with E-state index in [1.165, 1.54) is 23.4 Å². The van der Waals surface area contributed by atoms with E-state index in [2.05, 4.69) is 15.4 Å². The molecule has 4 rings (SSSR count). The maximum atomic E-state index is 13.4. The molecule has 0 saturated heterocycles. The van der Waals surface area contributed by atoms with Gasteiger partial charge in [-0.1, -0.05) is 12.1 Å². The van der Waals surface area contributed by atoms with E-state index in [0.29, 0.717) is 12.3 Å². The second-order valence-corrected chi connectivity index (χ2v) is 6.43. The molecule has 1 N–H and O–H groups in total. The molecule has 0 aliphatic heterocycles. The lowest BCUT2D eigenvalue weighted by atomic mass is 9.92. The molecule has 1 aliphatic carbocycles. The first-order chi connectivity index (χ1) is 12.8.